The van der Waals surface area contributed by atoms with Crippen molar-refractivity contribution in [1.29, 1.82) is 0 Å². The molecule has 40 heavy (non-hydrogen) atoms. The Hall–Kier alpha value is -4.08. The first kappa shape index (κ1) is 28.9. The highest BCUT2D eigenvalue weighted by molar-refractivity contribution is 7.09. The van der Waals surface area contributed by atoms with E-state index in [0.29, 0.717) is 30.3 Å². The average molecular weight is 562 g/mol. The van der Waals surface area contributed by atoms with Crippen LogP contribution in [0.15, 0.2) is 66.0 Å². The predicted octanol–water partition coefficient (Wildman–Crippen LogP) is 5.98. The van der Waals surface area contributed by atoms with Crippen LogP contribution in [-0.4, -0.2) is 50.8 Å². The fourth-order valence-electron chi connectivity index (χ4n) is 4.27. The van der Waals surface area contributed by atoms with E-state index in [1.807, 2.05) is 67.6 Å². The van der Waals surface area contributed by atoms with Crippen LogP contribution in [0.25, 0.3) is 0 Å². The lowest BCUT2D eigenvalue weighted by Gasteiger charge is -2.23. The van der Waals surface area contributed by atoms with Gasteiger partial charge in [-0.1, -0.05) is 29.8 Å². The smallest absolute Gasteiger partial charge is 0.275 e. The number of anilines is 1. The Balaban J connectivity index is 1.51. The summed E-state index contributed by atoms with van der Waals surface area (Å²) in [4.78, 5) is 19.8. The molecular weight excluding hydrogens is 526 g/mol. The third-order valence-electron chi connectivity index (χ3n) is 6.51. The van der Waals surface area contributed by atoms with E-state index in [0.717, 1.165) is 51.8 Å². The number of nitrogens with zero attached hydrogens (tertiary/aromatic N) is 2. The van der Waals surface area contributed by atoms with E-state index in [1.165, 1.54) is 11.3 Å². The van der Waals surface area contributed by atoms with Gasteiger partial charge in [-0.3, -0.25) is 9.69 Å². The molecule has 0 saturated heterocycles. The maximum absolute atomic E-state index is 12.8. The molecular formula is C31H35N3O5S. The van der Waals surface area contributed by atoms with E-state index in [-0.39, 0.29) is 5.91 Å². The summed E-state index contributed by atoms with van der Waals surface area (Å²) in [6.07, 6.45) is 0.783. The summed E-state index contributed by atoms with van der Waals surface area (Å²) in [5, 5.41) is 5.59. The first-order chi connectivity index (χ1) is 19.4. The minimum Gasteiger partial charge on any atom is -0.497 e. The molecule has 0 aliphatic heterocycles. The predicted molar refractivity (Wildman–Crippen MR) is 158 cm³/mol. The van der Waals surface area contributed by atoms with Crippen LogP contribution in [0.2, 0.25) is 0 Å². The minimum absolute atomic E-state index is 0.222. The van der Waals surface area contributed by atoms with Crippen LogP contribution in [0.5, 0.6) is 23.0 Å². The van der Waals surface area contributed by atoms with Crippen molar-refractivity contribution in [3.05, 3.63) is 93.4 Å². The van der Waals surface area contributed by atoms with Crippen LogP contribution < -0.4 is 24.3 Å². The Morgan fingerprint density at radius 1 is 0.850 bits per heavy atom. The molecule has 0 fully saturated rings. The van der Waals surface area contributed by atoms with Crippen LogP contribution in [0.1, 0.15) is 32.2 Å². The Morgan fingerprint density at radius 2 is 1.60 bits per heavy atom. The quantitative estimate of drug-likeness (QED) is 0.215. The number of rotatable bonds is 13. The third kappa shape index (κ3) is 7.52. The molecule has 4 aromatic rings. The number of amides is 1. The standard InChI is InChI=1S/C31H35N3O5S/c1-21-6-10-24(11-7-21)32-31(35)26-20-40-30(33-26)19-34(18-23-9-12-25(36-2)17-28(23)38-4)15-14-22-8-13-27(37-3)29(16-22)39-5/h6-13,16-17,20H,14-15,18-19H2,1-5H3,(H,32,35). The normalized spacial score (nSPS) is 10.8. The number of aromatic nitrogens is 1. The van der Waals surface area contributed by atoms with Gasteiger partial charge in [0.05, 0.1) is 35.0 Å². The highest BCUT2D eigenvalue weighted by Crippen LogP contribution is 2.29. The molecule has 0 radical (unpaired) electrons. The molecule has 9 heteroatoms. The van der Waals surface area contributed by atoms with E-state index in [4.69, 9.17) is 18.9 Å². The number of aryl methyl sites for hydroxylation is 1. The fourth-order valence-corrected chi connectivity index (χ4v) is 5.09. The highest BCUT2D eigenvalue weighted by atomic mass is 32.1. The van der Waals surface area contributed by atoms with E-state index in [1.54, 1.807) is 33.8 Å². The summed E-state index contributed by atoms with van der Waals surface area (Å²) < 4.78 is 21.9. The molecule has 210 valence electrons. The van der Waals surface area contributed by atoms with Gasteiger partial charge in [0, 0.05) is 35.8 Å². The minimum atomic E-state index is -0.222. The van der Waals surface area contributed by atoms with Crippen LogP contribution in [0.4, 0.5) is 5.69 Å². The molecule has 4 rings (SSSR count). The molecule has 8 nitrogen and oxygen atoms in total. The number of hydrogen-bond acceptors (Lipinski definition) is 8. The third-order valence-corrected chi connectivity index (χ3v) is 7.34. The number of nitrogens with one attached hydrogen (secondary N) is 1. The van der Waals surface area contributed by atoms with Crippen molar-refractivity contribution in [2.24, 2.45) is 0 Å². The lowest BCUT2D eigenvalue weighted by atomic mass is 10.1. The topological polar surface area (TPSA) is 82.2 Å². The van der Waals surface area contributed by atoms with Crippen LogP contribution >= 0.6 is 11.3 Å². The zero-order valence-corrected chi connectivity index (χ0v) is 24.3. The van der Waals surface area contributed by atoms with Gasteiger partial charge < -0.3 is 24.3 Å². The molecule has 1 aromatic heterocycles. The Morgan fingerprint density at radius 3 is 2.30 bits per heavy atom. The fraction of sp³-hybridized carbons (Fsp3) is 0.290. The Bertz CT molecular complexity index is 1420. The molecule has 1 heterocycles. The maximum atomic E-state index is 12.8. The molecule has 0 atom stereocenters. The molecule has 1 amide bonds. The monoisotopic (exact) mass is 561 g/mol. The second kappa shape index (κ2) is 13.8. The van der Waals surface area contributed by atoms with E-state index in [2.05, 4.69) is 15.2 Å². The van der Waals surface area contributed by atoms with E-state index < -0.39 is 0 Å². The summed E-state index contributed by atoms with van der Waals surface area (Å²) in [5.41, 5.74) is 4.44. The van der Waals surface area contributed by atoms with Crippen LogP contribution in [0, 0.1) is 6.92 Å². The summed E-state index contributed by atoms with van der Waals surface area (Å²) >= 11 is 1.48. The molecule has 0 aliphatic rings. The van der Waals surface area contributed by atoms with Crippen LogP contribution in [0.3, 0.4) is 0 Å². The maximum Gasteiger partial charge on any atom is 0.275 e. The lowest BCUT2D eigenvalue weighted by molar-refractivity contribution is 0.102. The number of benzene rings is 3. The van der Waals surface area contributed by atoms with Crippen molar-refractivity contribution in [1.82, 2.24) is 9.88 Å². The van der Waals surface area contributed by atoms with Gasteiger partial charge in [-0.15, -0.1) is 11.3 Å². The van der Waals surface area contributed by atoms with Crippen molar-refractivity contribution in [3.8, 4) is 23.0 Å². The summed E-state index contributed by atoms with van der Waals surface area (Å²) in [7, 11) is 6.56. The van der Waals surface area contributed by atoms with Gasteiger partial charge in [0.2, 0.25) is 0 Å². The number of carbonyl (C=O) groups is 1. The number of methoxy groups -OCH3 is 4. The molecule has 0 unspecified atom stereocenters. The molecule has 0 saturated carbocycles. The Kier molecular flexibility index (Phi) is 9.99. The van der Waals surface area contributed by atoms with Gasteiger partial charge in [-0.05, 0) is 49.2 Å². The van der Waals surface area contributed by atoms with Gasteiger partial charge in [0.25, 0.3) is 5.91 Å². The summed E-state index contributed by atoms with van der Waals surface area (Å²) in [5.74, 6) is 2.67. The second-order valence-electron chi connectivity index (χ2n) is 9.27. The first-order valence-electron chi connectivity index (χ1n) is 12.9. The Labute approximate surface area is 239 Å². The second-order valence-corrected chi connectivity index (χ2v) is 10.2. The molecule has 0 aliphatic carbocycles. The molecule has 1 N–H and O–H groups in total. The van der Waals surface area contributed by atoms with E-state index >= 15 is 0 Å². The average Bonchev–Trinajstić information content (AvgIpc) is 3.45. The van der Waals surface area contributed by atoms with Crippen molar-refractivity contribution in [3.63, 3.8) is 0 Å². The van der Waals surface area contributed by atoms with Crippen molar-refractivity contribution in [2.75, 3.05) is 40.3 Å². The van der Waals surface area contributed by atoms with Gasteiger partial charge in [-0.2, -0.15) is 0 Å². The molecule has 0 spiro atoms. The zero-order valence-electron chi connectivity index (χ0n) is 23.5. The summed E-state index contributed by atoms with van der Waals surface area (Å²) in [6, 6.07) is 19.5. The van der Waals surface area contributed by atoms with Gasteiger partial charge >= 0.3 is 0 Å². The van der Waals surface area contributed by atoms with E-state index in [9.17, 15) is 4.79 Å². The van der Waals surface area contributed by atoms with Crippen molar-refractivity contribution in [2.45, 2.75) is 26.4 Å². The zero-order chi connectivity index (χ0) is 28.5. The van der Waals surface area contributed by atoms with Crippen LogP contribution in [-0.2, 0) is 19.5 Å². The molecule has 3 aromatic carbocycles. The number of thiazole rings is 1. The number of ether oxygens (including phenoxy) is 4. The van der Waals surface area contributed by atoms with Crippen molar-refractivity contribution < 1.29 is 23.7 Å². The van der Waals surface area contributed by atoms with Gasteiger partial charge in [0.15, 0.2) is 11.5 Å². The number of hydrogen-bond donors (Lipinski definition) is 1. The lowest BCUT2D eigenvalue weighted by Crippen LogP contribution is -2.26. The van der Waals surface area contributed by atoms with Crippen molar-refractivity contribution >= 4 is 22.9 Å². The first-order valence-corrected chi connectivity index (χ1v) is 13.8. The molecule has 0 bridgehead atoms. The highest BCUT2D eigenvalue weighted by Gasteiger charge is 2.17. The summed E-state index contributed by atoms with van der Waals surface area (Å²) in [6.45, 7) is 3.96. The number of carbonyl (C=O) groups excluding carboxylic acids is 1. The largest absolute Gasteiger partial charge is 0.497 e. The van der Waals surface area contributed by atoms with Gasteiger partial charge in [0.1, 0.15) is 22.2 Å². The van der Waals surface area contributed by atoms with Gasteiger partial charge in [-0.25, -0.2) is 4.98 Å². The SMILES string of the molecule is COc1ccc(CN(CCc2ccc(OC)c(OC)c2)Cc2nc(C(=O)Nc3ccc(C)cc3)cs2)c(OC)c1.